The Balaban J connectivity index is 3.38. The van der Waals surface area contributed by atoms with E-state index in [1.165, 1.54) is 13.8 Å². The molecule has 0 saturated heterocycles. The lowest BCUT2D eigenvalue weighted by Gasteiger charge is -2.34. The standard InChI is InChI=1S/C20H29ClFNO4/c1-8-26-17(24)16(23-18(25)27-19(3,4)5)15(20(6,7)22)13-10-9-12(2)11-14(13)21/h9-11,15-16H,8H2,1-7H3,(H,23,25). The van der Waals surface area contributed by atoms with Gasteiger partial charge in [-0.2, -0.15) is 0 Å². The van der Waals surface area contributed by atoms with E-state index in [-0.39, 0.29) is 6.61 Å². The van der Waals surface area contributed by atoms with E-state index in [0.29, 0.717) is 10.6 Å². The summed E-state index contributed by atoms with van der Waals surface area (Å²) in [6, 6.07) is 3.81. The van der Waals surface area contributed by atoms with E-state index >= 15 is 4.39 Å². The average molecular weight is 402 g/mol. The molecule has 0 bridgehead atoms. The van der Waals surface area contributed by atoms with Crippen LogP contribution in [0.15, 0.2) is 18.2 Å². The zero-order chi connectivity index (χ0) is 21.0. The number of carbonyl (C=O) groups is 2. The van der Waals surface area contributed by atoms with Crippen molar-refractivity contribution in [1.29, 1.82) is 0 Å². The molecule has 0 aliphatic rings. The first kappa shape index (κ1) is 23.2. The third-order valence-electron chi connectivity index (χ3n) is 3.78. The van der Waals surface area contributed by atoms with Crippen LogP contribution in [0.3, 0.4) is 0 Å². The molecule has 1 rings (SSSR count). The largest absolute Gasteiger partial charge is 0.464 e. The van der Waals surface area contributed by atoms with Crippen LogP contribution in [-0.4, -0.2) is 36.0 Å². The maximum atomic E-state index is 15.2. The summed E-state index contributed by atoms with van der Waals surface area (Å²) < 4.78 is 25.5. The molecule has 27 heavy (non-hydrogen) atoms. The van der Waals surface area contributed by atoms with Crippen molar-refractivity contribution in [2.75, 3.05) is 6.61 Å². The van der Waals surface area contributed by atoms with Crippen LogP contribution in [0.1, 0.15) is 58.6 Å². The number of carbonyl (C=O) groups excluding carboxylic acids is 2. The number of amides is 1. The first-order chi connectivity index (χ1) is 12.3. The highest BCUT2D eigenvalue weighted by Gasteiger charge is 2.44. The summed E-state index contributed by atoms with van der Waals surface area (Å²) >= 11 is 6.34. The van der Waals surface area contributed by atoms with Crippen molar-refractivity contribution < 1.29 is 23.5 Å². The Hall–Kier alpha value is -1.82. The lowest BCUT2D eigenvalue weighted by molar-refractivity contribution is -0.147. The van der Waals surface area contributed by atoms with Crippen molar-refractivity contribution in [2.24, 2.45) is 0 Å². The van der Waals surface area contributed by atoms with Crippen molar-refractivity contribution in [3.8, 4) is 0 Å². The van der Waals surface area contributed by atoms with Gasteiger partial charge in [-0.3, -0.25) is 0 Å². The van der Waals surface area contributed by atoms with Gasteiger partial charge < -0.3 is 14.8 Å². The molecule has 2 atom stereocenters. The molecule has 1 amide bonds. The molecule has 0 spiro atoms. The first-order valence-electron chi connectivity index (χ1n) is 8.87. The van der Waals surface area contributed by atoms with Crippen LogP contribution in [0.25, 0.3) is 0 Å². The van der Waals surface area contributed by atoms with Crippen molar-refractivity contribution in [2.45, 2.75) is 71.7 Å². The molecular formula is C20H29ClFNO4. The summed E-state index contributed by atoms with van der Waals surface area (Å²) in [7, 11) is 0. The van der Waals surface area contributed by atoms with Crippen LogP contribution in [0.4, 0.5) is 9.18 Å². The minimum Gasteiger partial charge on any atom is -0.464 e. The third kappa shape index (κ3) is 7.01. The van der Waals surface area contributed by atoms with Crippen molar-refractivity contribution in [3.05, 3.63) is 34.3 Å². The summed E-state index contributed by atoms with van der Waals surface area (Å²) in [6.45, 7) is 11.3. The van der Waals surface area contributed by atoms with Gasteiger partial charge in [0.25, 0.3) is 0 Å². The molecule has 5 nitrogen and oxygen atoms in total. The summed E-state index contributed by atoms with van der Waals surface area (Å²) in [6.07, 6.45) is -0.835. The topological polar surface area (TPSA) is 64.6 Å². The number of hydrogen-bond donors (Lipinski definition) is 1. The number of ether oxygens (including phenoxy) is 2. The Labute approximate surface area is 165 Å². The third-order valence-corrected chi connectivity index (χ3v) is 4.10. The monoisotopic (exact) mass is 401 g/mol. The Kier molecular flexibility index (Phi) is 7.66. The molecule has 1 N–H and O–H groups in total. The van der Waals surface area contributed by atoms with E-state index in [2.05, 4.69) is 5.32 Å². The predicted molar refractivity (Wildman–Crippen MR) is 104 cm³/mol. The molecule has 0 aliphatic carbocycles. The highest BCUT2D eigenvalue weighted by molar-refractivity contribution is 6.31. The first-order valence-corrected chi connectivity index (χ1v) is 9.25. The Morgan fingerprint density at radius 1 is 1.22 bits per heavy atom. The van der Waals surface area contributed by atoms with Gasteiger partial charge in [0, 0.05) is 5.02 Å². The molecule has 1 aromatic rings. The second kappa shape index (κ2) is 8.91. The van der Waals surface area contributed by atoms with E-state index in [4.69, 9.17) is 21.1 Å². The van der Waals surface area contributed by atoms with Crippen molar-refractivity contribution in [3.63, 3.8) is 0 Å². The maximum Gasteiger partial charge on any atom is 0.408 e. The fourth-order valence-corrected chi connectivity index (χ4v) is 3.13. The van der Waals surface area contributed by atoms with Gasteiger partial charge >= 0.3 is 12.1 Å². The molecule has 0 aromatic heterocycles. The lowest BCUT2D eigenvalue weighted by Crippen LogP contribution is -2.51. The molecule has 0 radical (unpaired) electrons. The number of benzene rings is 1. The minimum absolute atomic E-state index is 0.0897. The maximum absolute atomic E-state index is 15.2. The van der Waals surface area contributed by atoms with Crippen LogP contribution in [0.2, 0.25) is 5.02 Å². The van der Waals surface area contributed by atoms with Gasteiger partial charge in [0.1, 0.15) is 17.3 Å². The molecule has 2 unspecified atom stereocenters. The highest BCUT2D eigenvalue weighted by Crippen LogP contribution is 2.39. The fraction of sp³-hybridized carbons (Fsp3) is 0.600. The summed E-state index contributed by atoms with van der Waals surface area (Å²) in [5.41, 5.74) is -1.35. The molecule has 0 aliphatic heterocycles. The van der Waals surface area contributed by atoms with Crippen LogP contribution in [-0.2, 0) is 14.3 Å². The predicted octanol–water partition coefficient (Wildman–Crippen LogP) is 4.94. The second-order valence-electron chi connectivity index (χ2n) is 7.94. The van der Waals surface area contributed by atoms with E-state index < -0.39 is 35.3 Å². The lowest BCUT2D eigenvalue weighted by atomic mass is 9.80. The summed E-state index contributed by atoms with van der Waals surface area (Å²) in [4.78, 5) is 24.9. The van der Waals surface area contributed by atoms with Crippen LogP contribution < -0.4 is 5.32 Å². The fourth-order valence-electron chi connectivity index (χ4n) is 2.77. The van der Waals surface area contributed by atoms with Gasteiger partial charge in [-0.15, -0.1) is 0 Å². The smallest absolute Gasteiger partial charge is 0.408 e. The number of hydrogen-bond acceptors (Lipinski definition) is 4. The molecule has 0 heterocycles. The SMILES string of the molecule is CCOC(=O)C(NC(=O)OC(C)(C)C)C(c1ccc(C)cc1Cl)C(C)(C)F. The van der Waals surface area contributed by atoms with Gasteiger partial charge in [-0.05, 0) is 65.7 Å². The Morgan fingerprint density at radius 3 is 2.26 bits per heavy atom. The Bertz CT molecular complexity index is 680. The van der Waals surface area contributed by atoms with Crippen LogP contribution >= 0.6 is 11.6 Å². The second-order valence-corrected chi connectivity index (χ2v) is 8.35. The van der Waals surface area contributed by atoms with Gasteiger partial charge in [0.05, 0.1) is 12.5 Å². The van der Waals surface area contributed by atoms with Gasteiger partial charge in [-0.1, -0.05) is 23.7 Å². The molecule has 7 heteroatoms. The molecular weight excluding hydrogens is 373 g/mol. The number of alkyl halides is 1. The van der Waals surface area contributed by atoms with Gasteiger partial charge in [0.2, 0.25) is 0 Å². The number of rotatable bonds is 6. The quantitative estimate of drug-likeness (QED) is 0.686. The molecule has 0 fully saturated rings. The molecule has 152 valence electrons. The average Bonchev–Trinajstić information content (AvgIpc) is 2.45. The number of esters is 1. The van der Waals surface area contributed by atoms with E-state index in [1.54, 1.807) is 45.9 Å². The number of alkyl carbamates (subject to hydrolysis) is 1. The Morgan fingerprint density at radius 2 is 1.81 bits per heavy atom. The zero-order valence-electron chi connectivity index (χ0n) is 17.0. The summed E-state index contributed by atoms with van der Waals surface area (Å²) in [5, 5.41) is 2.78. The minimum atomic E-state index is -1.88. The summed E-state index contributed by atoms with van der Waals surface area (Å²) in [5.74, 6) is -1.83. The van der Waals surface area contributed by atoms with Crippen molar-refractivity contribution in [1.82, 2.24) is 5.32 Å². The van der Waals surface area contributed by atoms with E-state index in [0.717, 1.165) is 5.56 Å². The zero-order valence-corrected chi connectivity index (χ0v) is 17.7. The van der Waals surface area contributed by atoms with E-state index in [1.807, 2.05) is 6.92 Å². The van der Waals surface area contributed by atoms with Gasteiger partial charge in [0.15, 0.2) is 0 Å². The normalized spacial score (nSPS) is 14.3. The van der Waals surface area contributed by atoms with Crippen LogP contribution in [0.5, 0.6) is 0 Å². The molecule has 1 aromatic carbocycles. The van der Waals surface area contributed by atoms with E-state index in [9.17, 15) is 9.59 Å². The van der Waals surface area contributed by atoms with Crippen molar-refractivity contribution >= 4 is 23.7 Å². The van der Waals surface area contributed by atoms with Crippen LogP contribution in [0, 0.1) is 6.92 Å². The molecule has 0 saturated carbocycles. The number of nitrogens with one attached hydrogen (secondary N) is 1. The van der Waals surface area contributed by atoms with Gasteiger partial charge in [-0.25, -0.2) is 14.0 Å². The highest BCUT2D eigenvalue weighted by atomic mass is 35.5. The number of halogens is 2. The number of aryl methyl sites for hydroxylation is 1.